The Morgan fingerprint density at radius 3 is 2.52 bits per heavy atom. The van der Waals surface area contributed by atoms with Crippen LogP contribution in [-0.4, -0.2) is 52.0 Å². The van der Waals surface area contributed by atoms with E-state index >= 15 is 0 Å². The average molecular weight is 426 g/mol. The van der Waals surface area contributed by atoms with Crippen LogP contribution in [0.25, 0.3) is 11.0 Å². The number of fused-ring (bicyclic) bond motifs is 1. The Morgan fingerprint density at radius 1 is 1.06 bits per heavy atom. The number of imide groups is 1. The van der Waals surface area contributed by atoms with Crippen LogP contribution in [0.4, 0.5) is 0 Å². The van der Waals surface area contributed by atoms with Crippen LogP contribution < -0.4 is 16.3 Å². The minimum atomic E-state index is -0.640. The Balaban J connectivity index is 1.41. The number of para-hydroxylation sites is 1. The first-order chi connectivity index (χ1) is 15.0. The summed E-state index contributed by atoms with van der Waals surface area (Å²) in [6, 6.07) is 5.33. The summed E-state index contributed by atoms with van der Waals surface area (Å²) in [7, 11) is 1.77. The van der Waals surface area contributed by atoms with Crippen molar-refractivity contribution in [3.05, 3.63) is 34.2 Å². The van der Waals surface area contributed by atoms with E-state index in [1.54, 1.807) is 16.2 Å². The highest BCUT2D eigenvalue weighted by molar-refractivity contribution is 6.00. The molecule has 5 rings (SSSR count). The van der Waals surface area contributed by atoms with Crippen LogP contribution in [0.5, 0.6) is 0 Å². The summed E-state index contributed by atoms with van der Waals surface area (Å²) in [4.78, 5) is 39.6. The zero-order valence-corrected chi connectivity index (χ0v) is 18.2. The molecule has 0 radical (unpaired) electrons. The summed E-state index contributed by atoms with van der Waals surface area (Å²) in [6.07, 6.45) is 5.64. The van der Waals surface area contributed by atoms with Crippen LogP contribution in [-0.2, 0) is 23.2 Å². The normalized spacial score (nSPS) is 24.6. The van der Waals surface area contributed by atoms with Crippen molar-refractivity contribution in [3.63, 3.8) is 0 Å². The van der Waals surface area contributed by atoms with E-state index in [4.69, 9.17) is 0 Å². The molecule has 3 aliphatic heterocycles. The molecule has 1 aromatic carbocycles. The molecule has 1 aromatic heterocycles. The van der Waals surface area contributed by atoms with Crippen molar-refractivity contribution in [1.29, 1.82) is 0 Å². The van der Waals surface area contributed by atoms with Gasteiger partial charge in [0.25, 0.3) is 0 Å². The maximum absolute atomic E-state index is 13.1. The maximum atomic E-state index is 13.1. The third kappa shape index (κ3) is 3.61. The van der Waals surface area contributed by atoms with Gasteiger partial charge < -0.3 is 5.32 Å². The zero-order chi connectivity index (χ0) is 21.6. The molecule has 0 bridgehead atoms. The topological polar surface area (TPSA) is 88.4 Å². The van der Waals surface area contributed by atoms with Crippen molar-refractivity contribution in [3.8, 4) is 0 Å². The van der Waals surface area contributed by atoms with Gasteiger partial charge in [-0.25, -0.2) is 4.79 Å². The number of carbonyl (C=O) groups is 2. The van der Waals surface area contributed by atoms with E-state index in [1.807, 2.05) is 12.1 Å². The molecule has 0 aliphatic carbocycles. The number of piperidine rings is 3. The number of hydrogen-bond donors (Lipinski definition) is 2. The third-order valence-electron chi connectivity index (χ3n) is 7.68. The average Bonchev–Trinajstić information content (AvgIpc) is 3.02. The lowest BCUT2D eigenvalue weighted by Gasteiger charge is -2.44. The summed E-state index contributed by atoms with van der Waals surface area (Å²) in [5.74, 6) is -0.661. The molecule has 2 amide bonds. The smallest absolute Gasteiger partial charge is 0.317 e. The molecule has 3 aliphatic rings. The van der Waals surface area contributed by atoms with Crippen molar-refractivity contribution < 1.29 is 9.59 Å². The molecule has 1 atom stereocenters. The number of rotatable bonds is 3. The van der Waals surface area contributed by atoms with E-state index in [0.29, 0.717) is 11.8 Å². The molecule has 2 N–H and O–H groups in total. The molecule has 1 spiro atoms. The number of nitrogens with zero attached hydrogens (tertiary/aromatic N) is 3. The first kappa shape index (κ1) is 20.5. The Kier molecular flexibility index (Phi) is 5.22. The summed E-state index contributed by atoms with van der Waals surface area (Å²) >= 11 is 0. The number of aryl methyl sites for hydroxylation is 1. The van der Waals surface area contributed by atoms with Crippen molar-refractivity contribution in [2.24, 2.45) is 12.5 Å². The van der Waals surface area contributed by atoms with Gasteiger partial charge in [0.2, 0.25) is 11.8 Å². The molecule has 4 heterocycles. The predicted molar refractivity (Wildman–Crippen MR) is 118 cm³/mol. The fraction of sp³-hybridized carbons (Fsp3) is 0.609. The highest BCUT2D eigenvalue weighted by Gasteiger charge is 2.36. The van der Waals surface area contributed by atoms with Crippen LogP contribution in [0.15, 0.2) is 23.0 Å². The van der Waals surface area contributed by atoms with Crippen LogP contribution in [0.1, 0.15) is 50.1 Å². The lowest BCUT2D eigenvalue weighted by molar-refractivity contribution is -0.135. The number of carbonyl (C=O) groups excluding carboxylic acids is 2. The van der Waals surface area contributed by atoms with Crippen molar-refractivity contribution >= 4 is 22.8 Å². The lowest BCUT2D eigenvalue weighted by Crippen LogP contribution is -2.45. The molecule has 1 unspecified atom stereocenters. The fourth-order valence-electron chi connectivity index (χ4n) is 5.76. The van der Waals surface area contributed by atoms with Gasteiger partial charge in [0.1, 0.15) is 6.04 Å². The van der Waals surface area contributed by atoms with Gasteiger partial charge in [0.15, 0.2) is 0 Å². The first-order valence-electron chi connectivity index (χ1n) is 11.4. The van der Waals surface area contributed by atoms with Gasteiger partial charge >= 0.3 is 5.69 Å². The number of likely N-dealkylation sites (tertiary alicyclic amines) is 1. The molecule has 31 heavy (non-hydrogen) atoms. The summed E-state index contributed by atoms with van der Waals surface area (Å²) in [6.45, 7) is 5.24. The molecule has 3 saturated heterocycles. The number of aromatic nitrogens is 2. The van der Waals surface area contributed by atoms with Crippen LogP contribution in [0.2, 0.25) is 0 Å². The summed E-state index contributed by atoms with van der Waals surface area (Å²) in [5.41, 5.74) is 3.08. The molecule has 2 aromatic rings. The number of amides is 2. The standard InChI is InChI=1S/C23H31N5O3/c1-26-20-16(15-27-13-9-23(10-14-27)7-11-24-12-8-23)3-2-4-17(20)28(22(26)31)18-5-6-19(29)25-21(18)30/h2-4,18,24H,5-15H2,1H3,(H,25,29,30). The number of imidazole rings is 1. The minimum absolute atomic E-state index is 0.204. The molecule has 8 heteroatoms. The quantitative estimate of drug-likeness (QED) is 0.724. The molecule has 0 saturated carbocycles. The second-order valence-corrected chi connectivity index (χ2v) is 9.49. The van der Waals surface area contributed by atoms with Crippen LogP contribution in [0, 0.1) is 5.41 Å². The third-order valence-corrected chi connectivity index (χ3v) is 7.68. The number of nitrogens with one attached hydrogen (secondary N) is 2. The molecule has 166 valence electrons. The van der Waals surface area contributed by atoms with E-state index in [0.717, 1.165) is 49.3 Å². The van der Waals surface area contributed by atoms with E-state index in [1.165, 1.54) is 25.7 Å². The van der Waals surface area contributed by atoms with Crippen molar-refractivity contribution in [2.75, 3.05) is 26.2 Å². The lowest BCUT2D eigenvalue weighted by atomic mass is 9.71. The second kappa shape index (κ2) is 7.91. The van der Waals surface area contributed by atoms with Gasteiger partial charge in [0.05, 0.1) is 11.0 Å². The summed E-state index contributed by atoms with van der Waals surface area (Å²) < 4.78 is 3.23. The van der Waals surface area contributed by atoms with Gasteiger partial charge in [-0.05, 0) is 75.3 Å². The highest BCUT2D eigenvalue weighted by Crippen LogP contribution is 2.40. The van der Waals surface area contributed by atoms with E-state index in [-0.39, 0.29) is 23.9 Å². The van der Waals surface area contributed by atoms with Gasteiger partial charge in [-0.15, -0.1) is 0 Å². The molecular weight excluding hydrogens is 394 g/mol. The van der Waals surface area contributed by atoms with Gasteiger partial charge in [0, 0.05) is 20.0 Å². The number of hydrogen-bond acceptors (Lipinski definition) is 5. The van der Waals surface area contributed by atoms with Gasteiger partial charge in [-0.3, -0.25) is 28.9 Å². The Labute approximate surface area is 181 Å². The molecular formula is C23H31N5O3. The Morgan fingerprint density at radius 2 is 1.81 bits per heavy atom. The van der Waals surface area contributed by atoms with Crippen molar-refractivity contribution in [1.82, 2.24) is 24.7 Å². The SMILES string of the molecule is Cn1c(=O)n(C2CCC(=O)NC2=O)c2cccc(CN3CCC4(CCNCC4)CC3)c21. The number of benzene rings is 1. The van der Waals surface area contributed by atoms with Gasteiger partial charge in [-0.1, -0.05) is 12.1 Å². The fourth-order valence-corrected chi connectivity index (χ4v) is 5.76. The maximum Gasteiger partial charge on any atom is 0.329 e. The van der Waals surface area contributed by atoms with Crippen molar-refractivity contribution in [2.45, 2.75) is 51.1 Å². The molecule has 3 fully saturated rings. The second-order valence-electron chi connectivity index (χ2n) is 9.49. The zero-order valence-electron chi connectivity index (χ0n) is 18.2. The molecule has 8 nitrogen and oxygen atoms in total. The van der Waals surface area contributed by atoms with Crippen LogP contribution >= 0.6 is 0 Å². The minimum Gasteiger partial charge on any atom is -0.317 e. The predicted octanol–water partition coefficient (Wildman–Crippen LogP) is 1.28. The van der Waals surface area contributed by atoms with E-state index in [9.17, 15) is 14.4 Å². The van der Waals surface area contributed by atoms with Gasteiger partial charge in [-0.2, -0.15) is 0 Å². The first-order valence-corrected chi connectivity index (χ1v) is 11.4. The Hall–Kier alpha value is -2.45. The Bertz CT molecular complexity index is 1070. The summed E-state index contributed by atoms with van der Waals surface area (Å²) in [5, 5.41) is 5.86. The van der Waals surface area contributed by atoms with Crippen LogP contribution in [0.3, 0.4) is 0 Å². The highest BCUT2D eigenvalue weighted by atomic mass is 16.2. The van der Waals surface area contributed by atoms with E-state index < -0.39 is 6.04 Å². The monoisotopic (exact) mass is 425 g/mol. The van der Waals surface area contributed by atoms with E-state index in [2.05, 4.69) is 21.6 Å². The largest absolute Gasteiger partial charge is 0.329 e.